The van der Waals surface area contributed by atoms with Gasteiger partial charge in [0.2, 0.25) is 0 Å². The second kappa shape index (κ2) is 20.2. The van der Waals surface area contributed by atoms with Gasteiger partial charge in [-0.2, -0.15) is 0 Å². The topological polar surface area (TPSA) is 0 Å². The van der Waals surface area contributed by atoms with Crippen molar-refractivity contribution in [1.82, 2.24) is 0 Å². The molecule has 0 aromatic rings. The molecule has 0 rings (SSSR count). The molecule has 127 valence electrons. The van der Waals surface area contributed by atoms with E-state index in [0.717, 1.165) is 25.7 Å². The summed E-state index contributed by atoms with van der Waals surface area (Å²) < 4.78 is 0. The number of hydrogen-bond donors (Lipinski definition) is 0. The highest BCUT2D eigenvalue weighted by Gasteiger charge is 1.91. The highest BCUT2D eigenvalue weighted by molar-refractivity contribution is 4.96. The quantitative estimate of drug-likeness (QED) is 0.200. The Hall–Kier alpha value is -0.780. The number of rotatable bonds is 16. The predicted octanol–water partition coefficient (Wildman–Crippen LogP) is 7.97. The number of hydrogen-bond acceptors (Lipinski definition) is 0. The largest absolute Gasteiger partial charge is 0.0885 e. The van der Waals surface area contributed by atoms with Crippen LogP contribution in [0.4, 0.5) is 0 Å². The van der Waals surface area contributed by atoms with E-state index in [-0.39, 0.29) is 0 Å². The minimum absolute atomic E-state index is 1.08. The highest BCUT2D eigenvalue weighted by Crippen LogP contribution is 2.11. The molecule has 0 saturated heterocycles. The lowest BCUT2D eigenvalue weighted by Gasteiger charge is -2.01. The van der Waals surface area contributed by atoms with Crippen molar-refractivity contribution in [1.29, 1.82) is 0 Å². The smallest absolute Gasteiger partial charge is 0.0169 e. The van der Waals surface area contributed by atoms with E-state index < -0.39 is 0 Å². The SMILES string of the molecule is [CH2]CCCCCCCCCCC/C=C/C/C=C/C/C=C/CC. The molecule has 0 nitrogen and oxygen atoms in total. The van der Waals surface area contributed by atoms with Crippen molar-refractivity contribution in [2.24, 2.45) is 0 Å². The summed E-state index contributed by atoms with van der Waals surface area (Å²) in [5.41, 5.74) is 0. The van der Waals surface area contributed by atoms with Crippen molar-refractivity contribution < 1.29 is 0 Å². The normalized spacial score (nSPS) is 12.3. The Balaban J connectivity index is 3.15. The third-order valence-electron chi connectivity index (χ3n) is 3.90. The Labute approximate surface area is 140 Å². The zero-order valence-corrected chi connectivity index (χ0v) is 15.1. The molecule has 0 aromatic heterocycles. The van der Waals surface area contributed by atoms with Crippen molar-refractivity contribution >= 4 is 0 Å². The van der Waals surface area contributed by atoms with Crippen LogP contribution in [0.2, 0.25) is 0 Å². The molecule has 0 aromatic carbocycles. The van der Waals surface area contributed by atoms with Crippen LogP contribution in [0.1, 0.15) is 96.8 Å². The van der Waals surface area contributed by atoms with Gasteiger partial charge in [0.1, 0.15) is 0 Å². The molecule has 22 heavy (non-hydrogen) atoms. The van der Waals surface area contributed by atoms with Crippen molar-refractivity contribution in [2.75, 3.05) is 0 Å². The first-order chi connectivity index (χ1) is 10.9. The van der Waals surface area contributed by atoms with Crippen LogP contribution >= 0.6 is 0 Å². The van der Waals surface area contributed by atoms with Gasteiger partial charge in [-0.15, -0.1) is 0 Å². The first-order valence-corrected chi connectivity index (χ1v) is 9.66. The molecule has 0 bridgehead atoms. The average molecular weight is 304 g/mol. The van der Waals surface area contributed by atoms with Crippen LogP contribution in [-0.2, 0) is 0 Å². The molecule has 0 fully saturated rings. The standard InChI is InChI=1S/C22H39/c1-3-5-7-9-11-13-15-17-19-21-22-20-18-16-14-12-10-8-6-4-2/h6,8,12,14,18,20H,1,3-5,7,9-11,13,15-17,19,21-22H2,2H3/b8-6+,14-12+,20-18+. The third kappa shape index (κ3) is 19.2. The average Bonchev–Trinajstić information content (AvgIpc) is 2.54. The minimum atomic E-state index is 1.08. The first-order valence-electron chi connectivity index (χ1n) is 9.66. The molecule has 0 N–H and O–H groups in total. The maximum absolute atomic E-state index is 3.89. The molecule has 0 amide bonds. The number of allylic oxidation sites excluding steroid dienone is 6. The number of unbranched alkanes of at least 4 members (excludes halogenated alkanes) is 10. The monoisotopic (exact) mass is 303 g/mol. The maximum atomic E-state index is 3.89. The Morgan fingerprint density at radius 3 is 1.55 bits per heavy atom. The summed E-state index contributed by atoms with van der Waals surface area (Å²) in [7, 11) is 0. The summed E-state index contributed by atoms with van der Waals surface area (Å²) >= 11 is 0. The van der Waals surface area contributed by atoms with Crippen LogP contribution in [0.5, 0.6) is 0 Å². The Kier molecular flexibility index (Phi) is 19.5. The van der Waals surface area contributed by atoms with Gasteiger partial charge < -0.3 is 0 Å². The van der Waals surface area contributed by atoms with E-state index in [4.69, 9.17) is 0 Å². The summed E-state index contributed by atoms with van der Waals surface area (Å²) in [6.45, 7) is 6.06. The lowest BCUT2D eigenvalue weighted by atomic mass is 10.1. The van der Waals surface area contributed by atoms with Crippen LogP contribution in [0.15, 0.2) is 36.5 Å². The van der Waals surface area contributed by atoms with E-state index in [1.54, 1.807) is 0 Å². The van der Waals surface area contributed by atoms with Crippen LogP contribution in [-0.4, -0.2) is 0 Å². The maximum Gasteiger partial charge on any atom is -0.0169 e. The molecule has 0 aliphatic carbocycles. The lowest BCUT2D eigenvalue weighted by molar-refractivity contribution is 0.561. The fourth-order valence-electron chi connectivity index (χ4n) is 2.50. The summed E-state index contributed by atoms with van der Waals surface area (Å²) in [6, 6.07) is 0. The molecule has 0 spiro atoms. The predicted molar refractivity (Wildman–Crippen MR) is 103 cm³/mol. The van der Waals surface area contributed by atoms with Crippen LogP contribution < -0.4 is 0 Å². The lowest BCUT2D eigenvalue weighted by Crippen LogP contribution is -1.81. The van der Waals surface area contributed by atoms with Gasteiger partial charge in [-0.1, -0.05) is 108 Å². The Morgan fingerprint density at radius 1 is 0.545 bits per heavy atom. The van der Waals surface area contributed by atoms with Crippen LogP contribution in [0.3, 0.4) is 0 Å². The van der Waals surface area contributed by atoms with Crippen LogP contribution in [0.25, 0.3) is 0 Å². The summed E-state index contributed by atoms with van der Waals surface area (Å²) in [5, 5.41) is 0. The Bertz CT molecular complexity index is 270. The molecule has 0 heteroatoms. The molecule has 1 radical (unpaired) electrons. The minimum Gasteiger partial charge on any atom is -0.0885 e. The fraction of sp³-hybridized carbons (Fsp3) is 0.682. The van der Waals surface area contributed by atoms with Crippen molar-refractivity contribution in [3.8, 4) is 0 Å². The van der Waals surface area contributed by atoms with Gasteiger partial charge in [0.15, 0.2) is 0 Å². The Morgan fingerprint density at radius 2 is 1.00 bits per heavy atom. The van der Waals surface area contributed by atoms with E-state index in [1.165, 1.54) is 64.2 Å². The summed E-state index contributed by atoms with van der Waals surface area (Å²) in [6.07, 6.45) is 31.9. The van der Waals surface area contributed by atoms with Crippen molar-refractivity contribution in [3.63, 3.8) is 0 Å². The first kappa shape index (κ1) is 21.2. The molecule has 0 heterocycles. The van der Waals surface area contributed by atoms with Gasteiger partial charge in [0.05, 0.1) is 0 Å². The zero-order chi connectivity index (χ0) is 16.1. The van der Waals surface area contributed by atoms with Gasteiger partial charge in [-0.05, 0) is 32.1 Å². The third-order valence-corrected chi connectivity index (χ3v) is 3.90. The van der Waals surface area contributed by atoms with Crippen molar-refractivity contribution in [3.05, 3.63) is 43.4 Å². The second-order valence-electron chi connectivity index (χ2n) is 6.12. The highest BCUT2D eigenvalue weighted by atomic mass is 14.0. The van der Waals surface area contributed by atoms with E-state index in [2.05, 4.69) is 50.3 Å². The summed E-state index contributed by atoms with van der Waals surface area (Å²) in [4.78, 5) is 0. The van der Waals surface area contributed by atoms with E-state index in [0.29, 0.717) is 0 Å². The van der Waals surface area contributed by atoms with Crippen LogP contribution in [0, 0.1) is 6.92 Å². The van der Waals surface area contributed by atoms with E-state index in [1.807, 2.05) is 0 Å². The molecular weight excluding hydrogens is 264 g/mol. The van der Waals surface area contributed by atoms with Crippen molar-refractivity contribution in [2.45, 2.75) is 96.8 Å². The molecule has 0 atom stereocenters. The second-order valence-corrected chi connectivity index (χ2v) is 6.12. The fourth-order valence-corrected chi connectivity index (χ4v) is 2.50. The zero-order valence-electron chi connectivity index (χ0n) is 15.1. The van der Waals surface area contributed by atoms with E-state index in [9.17, 15) is 0 Å². The van der Waals surface area contributed by atoms with Gasteiger partial charge >= 0.3 is 0 Å². The molecule has 0 saturated carbocycles. The van der Waals surface area contributed by atoms with Gasteiger partial charge in [0.25, 0.3) is 0 Å². The molecule has 0 unspecified atom stereocenters. The summed E-state index contributed by atoms with van der Waals surface area (Å²) in [5.74, 6) is 0. The molecular formula is C22H39. The van der Waals surface area contributed by atoms with Gasteiger partial charge in [-0.3, -0.25) is 0 Å². The molecule has 0 aliphatic heterocycles. The van der Waals surface area contributed by atoms with E-state index >= 15 is 0 Å². The molecule has 0 aliphatic rings. The van der Waals surface area contributed by atoms with Gasteiger partial charge in [-0.25, -0.2) is 0 Å². The van der Waals surface area contributed by atoms with Gasteiger partial charge in [0, 0.05) is 0 Å².